The molecule has 5 nitrogen and oxygen atoms in total. The summed E-state index contributed by atoms with van der Waals surface area (Å²) in [5.74, 6) is -0.498. The summed E-state index contributed by atoms with van der Waals surface area (Å²) in [5.41, 5.74) is 0.382. The third-order valence-corrected chi connectivity index (χ3v) is 5.02. The summed E-state index contributed by atoms with van der Waals surface area (Å²) in [4.78, 5) is 27.4. The van der Waals surface area contributed by atoms with Crippen LogP contribution in [0, 0.1) is 5.92 Å². The number of hydrogen-bond donors (Lipinski definition) is 2. The quantitative estimate of drug-likeness (QED) is 0.781. The van der Waals surface area contributed by atoms with Gasteiger partial charge in [0.2, 0.25) is 5.91 Å². The second-order valence-electron chi connectivity index (χ2n) is 7.01. The molecule has 0 aliphatic carbocycles. The van der Waals surface area contributed by atoms with Crippen molar-refractivity contribution in [3.8, 4) is 0 Å². The molecule has 0 bridgehead atoms. The minimum Gasteiger partial charge on any atom is -0.353 e. The molecule has 1 saturated heterocycles. The van der Waals surface area contributed by atoms with Crippen LogP contribution in [0.5, 0.6) is 0 Å². The van der Waals surface area contributed by atoms with Crippen molar-refractivity contribution in [1.29, 1.82) is 0 Å². The molecule has 138 valence electrons. The highest BCUT2D eigenvalue weighted by Gasteiger charge is 2.26. The lowest BCUT2D eigenvalue weighted by Crippen LogP contribution is -2.52. The normalized spacial score (nSPS) is 17.3. The number of benzene rings is 1. The lowest BCUT2D eigenvalue weighted by atomic mass is 10.0. The monoisotopic (exact) mass is 365 g/mol. The van der Waals surface area contributed by atoms with Crippen molar-refractivity contribution in [3.05, 3.63) is 34.9 Å². The molecule has 0 saturated carbocycles. The van der Waals surface area contributed by atoms with Gasteiger partial charge in [0.25, 0.3) is 5.91 Å². The molecule has 1 aromatic carbocycles. The van der Waals surface area contributed by atoms with Crippen molar-refractivity contribution >= 4 is 23.4 Å². The average Bonchev–Trinajstić information content (AvgIpc) is 3.11. The van der Waals surface area contributed by atoms with Gasteiger partial charge in [0.05, 0.1) is 10.6 Å². The Labute approximate surface area is 155 Å². The van der Waals surface area contributed by atoms with Gasteiger partial charge in [-0.1, -0.05) is 37.6 Å². The summed E-state index contributed by atoms with van der Waals surface area (Å²) in [6.07, 6.45) is 2.45. The first-order valence-corrected chi connectivity index (χ1v) is 9.35. The van der Waals surface area contributed by atoms with Crippen molar-refractivity contribution in [2.75, 3.05) is 19.6 Å². The van der Waals surface area contributed by atoms with Gasteiger partial charge >= 0.3 is 0 Å². The number of likely N-dealkylation sites (tertiary alicyclic amines) is 1. The van der Waals surface area contributed by atoms with Crippen LogP contribution < -0.4 is 10.6 Å². The third kappa shape index (κ3) is 5.44. The van der Waals surface area contributed by atoms with E-state index in [0.717, 1.165) is 13.1 Å². The lowest BCUT2D eigenvalue weighted by Gasteiger charge is -2.26. The van der Waals surface area contributed by atoms with Crippen LogP contribution in [-0.4, -0.2) is 48.4 Å². The number of amides is 2. The van der Waals surface area contributed by atoms with Crippen LogP contribution in [0.25, 0.3) is 0 Å². The summed E-state index contributed by atoms with van der Waals surface area (Å²) >= 11 is 6.07. The van der Waals surface area contributed by atoms with Gasteiger partial charge in [-0.15, -0.1) is 0 Å². The van der Waals surface area contributed by atoms with Gasteiger partial charge in [-0.3, -0.25) is 14.5 Å². The van der Waals surface area contributed by atoms with E-state index in [1.807, 2.05) is 13.8 Å². The van der Waals surface area contributed by atoms with E-state index in [1.54, 1.807) is 24.3 Å². The van der Waals surface area contributed by atoms with Crippen molar-refractivity contribution in [2.45, 2.75) is 45.7 Å². The Hall–Kier alpha value is -1.59. The minimum absolute atomic E-state index is 0.0199. The molecule has 1 aliphatic rings. The smallest absolute Gasteiger partial charge is 0.253 e. The highest BCUT2D eigenvalue weighted by molar-refractivity contribution is 6.33. The van der Waals surface area contributed by atoms with Crippen molar-refractivity contribution in [2.24, 2.45) is 5.92 Å². The lowest BCUT2D eigenvalue weighted by molar-refractivity contribution is -0.124. The topological polar surface area (TPSA) is 61.4 Å². The molecule has 1 aliphatic heterocycles. The largest absolute Gasteiger partial charge is 0.353 e. The van der Waals surface area contributed by atoms with Crippen LogP contribution in [0.15, 0.2) is 24.3 Å². The van der Waals surface area contributed by atoms with Gasteiger partial charge < -0.3 is 10.6 Å². The van der Waals surface area contributed by atoms with E-state index in [0.29, 0.717) is 23.2 Å². The fraction of sp³-hybridized carbons (Fsp3) is 0.579. The van der Waals surface area contributed by atoms with Gasteiger partial charge in [-0.2, -0.15) is 0 Å². The summed E-state index contributed by atoms with van der Waals surface area (Å²) in [6.45, 7) is 8.73. The number of carbonyl (C=O) groups excluding carboxylic acids is 2. The number of nitrogens with one attached hydrogen (secondary N) is 2. The number of hydrogen-bond acceptors (Lipinski definition) is 3. The Morgan fingerprint density at radius 2 is 1.80 bits per heavy atom. The minimum atomic E-state index is -0.588. The SMILES string of the molecule is CC(C)[C@@H](NC(=O)c1ccccc1Cl)C(=O)NC[C@H](C)N1CCCC1. The molecule has 0 unspecified atom stereocenters. The third-order valence-electron chi connectivity index (χ3n) is 4.69. The number of halogens is 1. The Bertz CT molecular complexity index is 600. The summed E-state index contributed by atoms with van der Waals surface area (Å²) in [7, 11) is 0. The first-order chi connectivity index (χ1) is 11.9. The zero-order valence-corrected chi connectivity index (χ0v) is 16.0. The maximum atomic E-state index is 12.6. The first-order valence-electron chi connectivity index (χ1n) is 8.97. The predicted molar refractivity (Wildman–Crippen MR) is 101 cm³/mol. The van der Waals surface area contributed by atoms with Crippen molar-refractivity contribution in [1.82, 2.24) is 15.5 Å². The maximum Gasteiger partial charge on any atom is 0.253 e. The molecule has 6 heteroatoms. The Balaban J connectivity index is 1.93. The van der Waals surface area contributed by atoms with Crippen LogP contribution in [0.2, 0.25) is 5.02 Å². The molecule has 0 aromatic heterocycles. The maximum absolute atomic E-state index is 12.6. The van der Waals surface area contributed by atoms with Crippen LogP contribution in [0.1, 0.15) is 44.0 Å². The molecule has 1 fully saturated rings. The molecule has 25 heavy (non-hydrogen) atoms. The molecule has 2 atom stereocenters. The predicted octanol–water partition coefficient (Wildman–Crippen LogP) is 2.69. The van der Waals surface area contributed by atoms with E-state index in [-0.39, 0.29) is 17.7 Å². The molecule has 1 aromatic rings. The summed E-state index contributed by atoms with van der Waals surface area (Å²) < 4.78 is 0. The van der Waals surface area contributed by atoms with E-state index < -0.39 is 6.04 Å². The van der Waals surface area contributed by atoms with Gasteiger partial charge in [-0.25, -0.2) is 0 Å². The molecule has 2 rings (SSSR count). The Kier molecular flexibility index (Phi) is 7.26. The van der Waals surface area contributed by atoms with E-state index >= 15 is 0 Å². The van der Waals surface area contributed by atoms with Crippen molar-refractivity contribution < 1.29 is 9.59 Å². The second kappa shape index (κ2) is 9.20. The molecule has 1 heterocycles. The van der Waals surface area contributed by atoms with E-state index in [9.17, 15) is 9.59 Å². The molecular weight excluding hydrogens is 338 g/mol. The van der Waals surface area contributed by atoms with Gasteiger partial charge in [0.15, 0.2) is 0 Å². The Morgan fingerprint density at radius 3 is 2.40 bits per heavy atom. The van der Waals surface area contributed by atoms with Crippen LogP contribution in [0.3, 0.4) is 0 Å². The first kappa shape index (κ1) is 19.7. The summed E-state index contributed by atoms with van der Waals surface area (Å²) in [6, 6.07) is 6.56. The highest BCUT2D eigenvalue weighted by Crippen LogP contribution is 2.16. The number of rotatable bonds is 7. The van der Waals surface area contributed by atoms with E-state index in [1.165, 1.54) is 12.8 Å². The molecule has 0 radical (unpaired) electrons. The Morgan fingerprint density at radius 1 is 1.16 bits per heavy atom. The van der Waals surface area contributed by atoms with Crippen molar-refractivity contribution in [3.63, 3.8) is 0 Å². The fourth-order valence-corrected chi connectivity index (χ4v) is 3.29. The zero-order valence-electron chi connectivity index (χ0n) is 15.2. The standard InChI is InChI=1S/C19H28ClN3O2/c1-13(2)17(22-18(24)15-8-4-5-9-16(15)20)19(25)21-12-14(3)23-10-6-7-11-23/h4-5,8-9,13-14,17H,6-7,10-12H2,1-3H3,(H,21,25)(H,22,24)/t14-,17+/m0/s1. The average molecular weight is 366 g/mol. The fourth-order valence-electron chi connectivity index (χ4n) is 3.07. The molecule has 2 amide bonds. The second-order valence-corrected chi connectivity index (χ2v) is 7.42. The van der Waals surface area contributed by atoms with E-state index in [2.05, 4.69) is 22.5 Å². The van der Waals surface area contributed by atoms with Gasteiger partial charge in [-0.05, 0) is 50.9 Å². The highest BCUT2D eigenvalue weighted by atomic mass is 35.5. The molecule has 0 spiro atoms. The van der Waals surface area contributed by atoms with Crippen LogP contribution in [-0.2, 0) is 4.79 Å². The van der Waals surface area contributed by atoms with E-state index in [4.69, 9.17) is 11.6 Å². The number of carbonyl (C=O) groups is 2. The molecule has 2 N–H and O–H groups in total. The van der Waals surface area contributed by atoms with Gasteiger partial charge in [0.1, 0.15) is 6.04 Å². The zero-order chi connectivity index (χ0) is 18.4. The number of nitrogens with zero attached hydrogens (tertiary/aromatic N) is 1. The van der Waals surface area contributed by atoms with Crippen LogP contribution in [0.4, 0.5) is 0 Å². The van der Waals surface area contributed by atoms with Crippen LogP contribution >= 0.6 is 11.6 Å². The molecular formula is C19H28ClN3O2. The van der Waals surface area contributed by atoms with Gasteiger partial charge in [0, 0.05) is 12.6 Å². The summed E-state index contributed by atoms with van der Waals surface area (Å²) in [5, 5.41) is 6.18.